The molecule has 0 saturated carbocycles. The smallest absolute Gasteiger partial charge is 0.0610 e. The topological polar surface area (TPSA) is 63.9 Å². The summed E-state index contributed by atoms with van der Waals surface area (Å²) >= 11 is 0. The van der Waals surface area contributed by atoms with E-state index in [1.54, 1.807) is 0 Å². The van der Waals surface area contributed by atoms with Crippen LogP contribution in [0.2, 0.25) is 0 Å². The molecule has 0 bridgehead atoms. The van der Waals surface area contributed by atoms with Crippen molar-refractivity contribution in [1.82, 2.24) is 4.90 Å². The minimum atomic E-state index is -0.370. The molecular weight excluding hydrogens is 194 g/mol. The van der Waals surface area contributed by atoms with Gasteiger partial charge in [0.05, 0.1) is 19.8 Å². The van der Waals surface area contributed by atoms with Crippen molar-refractivity contribution in [2.24, 2.45) is 0 Å². The lowest BCUT2D eigenvalue weighted by Gasteiger charge is -2.36. The van der Waals surface area contributed by atoms with Gasteiger partial charge < -0.3 is 15.3 Å². The molecule has 0 saturated heterocycles. The van der Waals surface area contributed by atoms with E-state index in [0.29, 0.717) is 13.1 Å². The lowest BCUT2D eigenvalue weighted by Crippen LogP contribution is -2.49. The van der Waals surface area contributed by atoms with Gasteiger partial charge in [-0.1, -0.05) is 0 Å². The van der Waals surface area contributed by atoms with Crippen LogP contribution in [-0.4, -0.2) is 58.7 Å². The molecule has 5 heteroatoms. The van der Waals surface area contributed by atoms with Gasteiger partial charge in [-0.05, 0) is 13.8 Å². The van der Waals surface area contributed by atoms with E-state index < -0.39 is 0 Å². The minimum absolute atomic E-state index is 0. The average molecular weight is 214 g/mol. The van der Waals surface area contributed by atoms with Crippen molar-refractivity contribution in [3.8, 4) is 0 Å². The van der Waals surface area contributed by atoms with E-state index >= 15 is 0 Å². The molecule has 0 heterocycles. The molecule has 0 aliphatic heterocycles. The Morgan fingerprint density at radius 3 is 1.62 bits per heavy atom. The van der Waals surface area contributed by atoms with Crippen LogP contribution in [0.25, 0.3) is 0 Å². The van der Waals surface area contributed by atoms with Crippen LogP contribution < -0.4 is 0 Å². The summed E-state index contributed by atoms with van der Waals surface area (Å²) in [4.78, 5) is 1.85. The molecule has 0 rings (SSSR count). The van der Waals surface area contributed by atoms with Crippen molar-refractivity contribution >= 4 is 12.4 Å². The van der Waals surface area contributed by atoms with Crippen molar-refractivity contribution in [2.75, 3.05) is 32.9 Å². The van der Waals surface area contributed by atoms with Crippen LogP contribution in [0.1, 0.15) is 13.8 Å². The summed E-state index contributed by atoms with van der Waals surface area (Å²) in [6.45, 7) is 4.82. The van der Waals surface area contributed by atoms with Crippen LogP contribution >= 0.6 is 12.4 Å². The third-order valence-corrected chi connectivity index (χ3v) is 1.98. The van der Waals surface area contributed by atoms with E-state index in [9.17, 15) is 0 Å². The van der Waals surface area contributed by atoms with Gasteiger partial charge in [-0.2, -0.15) is 0 Å². The van der Waals surface area contributed by atoms with Gasteiger partial charge >= 0.3 is 0 Å². The van der Waals surface area contributed by atoms with Crippen molar-refractivity contribution < 1.29 is 15.3 Å². The van der Waals surface area contributed by atoms with Gasteiger partial charge in [0.1, 0.15) is 0 Å². The zero-order valence-corrected chi connectivity index (χ0v) is 9.05. The van der Waals surface area contributed by atoms with Crippen molar-refractivity contribution in [1.29, 1.82) is 0 Å². The predicted molar refractivity (Wildman–Crippen MR) is 54.2 cm³/mol. The second-order valence-electron chi connectivity index (χ2n) is 3.40. The minimum Gasteiger partial charge on any atom is -0.395 e. The second kappa shape index (κ2) is 7.53. The van der Waals surface area contributed by atoms with E-state index in [4.69, 9.17) is 15.3 Å². The molecule has 0 unspecified atom stereocenters. The molecule has 82 valence electrons. The lowest BCUT2D eigenvalue weighted by molar-refractivity contribution is 0.0314. The van der Waals surface area contributed by atoms with Gasteiger partial charge in [0.15, 0.2) is 0 Å². The maximum atomic E-state index is 9.01. The molecule has 0 aromatic heterocycles. The van der Waals surface area contributed by atoms with Gasteiger partial charge in [0.2, 0.25) is 0 Å². The third kappa shape index (κ3) is 5.44. The Hall–Kier alpha value is 0.130. The van der Waals surface area contributed by atoms with E-state index in [0.717, 1.165) is 0 Å². The van der Waals surface area contributed by atoms with Gasteiger partial charge in [-0.3, -0.25) is 4.90 Å². The van der Waals surface area contributed by atoms with Crippen molar-refractivity contribution in [3.63, 3.8) is 0 Å². The molecule has 0 fully saturated rings. The van der Waals surface area contributed by atoms with Crippen molar-refractivity contribution in [3.05, 3.63) is 0 Å². The van der Waals surface area contributed by atoms with Crippen LogP contribution in [0, 0.1) is 0 Å². The molecule has 0 atom stereocenters. The summed E-state index contributed by atoms with van der Waals surface area (Å²) in [5.74, 6) is 0. The normalized spacial score (nSPS) is 11.5. The number of halogens is 1. The molecule has 0 aliphatic rings. The number of hydrogen-bond donors (Lipinski definition) is 3. The molecule has 0 aliphatic carbocycles. The number of nitrogens with zero attached hydrogens (tertiary/aromatic N) is 1. The molecule has 3 N–H and O–H groups in total. The second-order valence-corrected chi connectivity index (χ2v) is 3.40. The maximum Gasteiger partial charge on any atom is 0.0610 e. The van der Waals surface area contributed by atoms with E-state index in [1.165, 1.54) is 0 Å². The first-order valence-corrected chi connectivity index (χ1v) is 4.16. The Bertz CT molecular complexity index is 116. The highest BCUT2D eigenvalue weighted by molar-refractivity contribution is 5.85. The molecule has 13 heavy (non-hydrogen) atoms. The number of β-amino-alcohol motifs (C(OH)–C–C–N with tert-alkyl or cyclic N) is 2. The highest BCUT2D eigenvalue weighted by atomic mass is 35.5. The molecule has 0 aromatic rings. The summed E-state index contributed by atoms with van der Waals surface area (Å²) in [5, 5.41) is 26.4. The Kier molecular flexibility index (Phi) is 9.03. The fourth-order valence-electron chi connectivity index (χ4n) is 1.06. The lowest BCUT2D eigenvalue weighted by atomic mass is 10.0. The van der Waals surface area contributed by atoms with Crippen LogP contribution in [0.5, 0.6) is 0 Å². The van der Waals surface area contributed by atoms with Gasteiger partial charge in [0.25, 0.3) is 0 Å². The predicted octanol–water partition coefficient (Wildman–Crippen LogP) is -0.534. The fourth-order valence-corrected chi connectivity index (χ4v) is 1.06. The van der Waals surface area contributed by atoms with E-state index in [-0.39, 0.29) is 37.8 Å². The quantitative estimate of drug-likeness (QED) is 0.555. The average Bonchev–Trinajstić information content (AvgIpc) is 2.04. The largest absolute Gasteiger partial charge is 0.395 e. The summed E-state index contributed by atoms with van der Waals surface area (Å²) in [6, 6.07) is 0. The Balaban J connectivity index is 0. The van der Waals surface area contributed by atoms with Crippen molar-refractivity contribution in [2.45, 2.75) is 19.4 Å². The summed E-state index contributed by atoms with van der Waals surface area (Å²) in [7, 11) is 0. The fraction of sp³-hybridized carbons (Fsp3) is 1.00. The van der Waals surface area contributed by atoms with Crippen LogP contribution in [0.15, 0.2) is 0 Å². The van der Waals surface area contributed by atoms with Gasteiger partial charge in [-0.25, -0.2) is 0 Å². The molecule has 4 nitrogen and oxygen atoms in total. The first-order chi connectivity index (χ1) is 5.58. The van der Waals surface area contributed by atoms with Gasteiger partial charge in [0, 0.05) is 18.6 Å². The Morgan fingerprint density at radius 1 is 1.00 bits per heavy atom. The molecule has 0 aromatic carbocycles. The monoisotopic (exact) mass is 213 g/mol. The summed E-state index contributed by atoms with van der Waals surface area (Å²) in [6.07, 6.45) is 0. The number of hydrogen-bond acceptors (Lipinski definition) is 4. The molecule has 0 amide bonds. The van der Waals surface area contributed by atoms with E-state index in [1.807, 2.05) is 18.7 Å². The Morgan fingerprint density at radius 2 is 1.38 bits per heavy atom. The standard InChI is InChI=1S/C8H19NO3.ClH/c1-8(2,7-12)9(3-5-10)4-6-11;/h10-12H,3-7H2,1-2H3;1H. The highest BCUT2D eigenvalue weighted by Gasteiger charge is 2.24. The summed E-state index contributed by atoms with van der Waals surface area (Å²) in [5.41, 5.74) is -0.370. The SMILES string of the molecule is CC(C)(CO)N(CCO)CCO.Cl. The zero-order chi connectivity index (χ0) is 9.61. The number of aliphatic hydroxyl groups excluding tert-OH is 3. The van der Waals surface area contributed by atoms with Gasteiger partial charge in [-0.15, -0.1) is 12.4 Å². The molecule has 0 radical (unpaired) electrons. The van der Waals surface area contributed by atoms with E-state index in [2.05, 4.69) is 0 Å². The summed E-state index contributed by atoms with van der Waals surface area (Å²) < 4.78 is 0. The molecule has 0 spiro atoms. The van der Waals surface area contributed by atoms with Crippen LogP contribution in [-0.2, 0) is 0 Å². The first kappa shape index (κ1) is 15.6. The Labute approximate surface area is 85.6 Å². The third-order valence-electron chi connectivity index (χ3n) is 1.98. The molecular formula is C8H20ClNO3. The zero-order valence-electron chi connectivity index (χ0n) is 8.23. The highest BCUT2D eigenvalue weighted by Crippen LogP contribution is 2.11. The van der Waals surface area contributed by atoms with Crippen LogP contribution in [0.3, 0.4) is 0 Å². The van der Waals surface area contributed by atoms with Crippen LogP contribution in [0.4, 0.5) is 0 Å². The maximum absolute atomic E-state index is 9.01. The number of aliphatic hydroxyl groups is 3. The number of rotatable bonds is 6. The first-order valence-electron chi connectivity index (χ1n) is 4.16.